The Labute approximate surface area is 142 Å². The van der Waals surface area contributed by atoms with E-state index in [1.165, 1.54) is 5.56 Å². The van der Waals surface area contributed by atoms with Crippen molar-refractivity contribution >= 4 is 11.6 Å². The summed E-state index contributed by atoms with van der Waals surface area (Å²) in [5.41, 5.74) is 3.05. The van der Waals surface area contributed by atoms with E-state index < -0.39 is 6.10 Å². The second-order valence-corrected chi connectivity index (χ2v) is 5.80. The van der Waals surface area contributed by atoms with Crippen molar-refractivity contribution in [3.8, 4) is 5.75 Å². The van der Waals surface area contributed by atoms with Crippen molar-refractivity contribution in [3.63, 3.8) is 0 Å². The van der Waals surface area contributed by atoms with E-state index >= 15 is 0 Å². The average molecular weight is 326 g/mol. The first kappa shape index (κ1) is 16.5. The predicted molar refractivity (Wildman–Crippen MR) is 93.2 cm³/mol. The maximum absolute atomic E-state index is 12.2. The van der Waals surface area contributed by atoms with Crippen LogP contribution in [0.4, 0.5) is 5.69 Å². The molecule has 0 radical (unpaired) electrons. The second-order valence-electron chi connectivity index (χ2n) is 5.80. The van der Waals surface area contributed by atoms with Gasteiger partial charge in [-0.1, -0.05) is 30.3 Å². The van der Waals surface area contributed by atoms with E-state index in [0.29, 0.717) is 25.4 Å². The topological polar surface area (TPSA) is 59.6 Å². The lowest BCUT2D eigenvalue weighted by Crippen LogP contribution is -2.45. The monoisotopic (exact) mass is 326 g/mol. The molecule has 0 bridgehead atoms. The highest BCUT2D eigenvalue weighted by Crippen LogP contribution is 2.20. The summed E-state index contributed by atoms with van der Waals surface area (Å²) in [6.07, 6.45) is -0.449. The van der Waals surface area contributed by atoms with E-state index in [0.717, 1.165) is 17.9 Å². The molecule has 2 aromatic carbocycles. The number of rotatable bonds is 5. The summed E-state index contributed by atoms with van der Waals surface area (Å²) in [5.74, 6) is 0.581. The van der Waals surface area contributed by atoms with Crippen LogP contribution in [0.3, 0.4) is 0 Å². The molecule has 2 aromatic rings. The minimum absolute atomic E-state index is 0.141. The Morgan fingerprint density at radius 1 is 1.29 bits per heavy atom. The number of carbonyl (C=O) groups is 1. The molecule has 1 saturated heterocycles. The van der Waals surface area contributed by atoms with Crippen molar-refractivity contribution in [1.82, 2.24) is 5.32 Å². The molecule has 0 saturated carbocycles. The Kier molecular flexibility index (Phi) is 5.46. The standard InChI is InChI=1S/C19H22N2O3/c1-14-5-2-3-6-15(14)13-24-17-8-4-7-16(11-17)21-19(22)18-12-20-9-10-23-18/h2-8,11,18,20H,9-10,12-13H2,1H3,(H,21,22). The van der Waals surface area contributed by atoms with Gasteiger partial charge in [0.25, 0.3) is 5.91 Å². The van der Waals surface area contributed by atoms with Crippen LogP contribution in [0.1, 0.15) is 11.1 Å². The zero-order chi connectivity index (χ0) is 16.8. The molecule has 1 unspecified atom stereocenters. The van der Waals surface area contributed by atoms with Gasteiger partial charge in [0.1, 0.15) is 18.5 Å². The van der Waals surface area contributed by atoms with Gasteiger partial charge in [0.2, 0.25) is 0 Å². The predicted octanol–water partition coefficient (Wildman–Crippen LogP) is 2.50. The van der Waals surface area contributed by atoms with Crippen molar-refractivity contribution in [2.24, 2.45) is 0 Å². The fraction of sp³-hybridized carbons (Fsp3) is 0.316. The Balaban J connectivity index is 1.59. The van der Waals surface area contributed by atoms with Crippen LogP contribution in [0.2, 0.25) is 0 Å². The van der Waals surface area contributed by atoms with E-state index in [4.69, 9.17) is 9.47 Å². The number of amides is 1. The molecule has 1 aliphatic heterocycles. The molecule has 1 fully saturated rings. The molecular weight excluding hydrogens is 304 g/mol. The van der Waals surface area contributed by atoms with Crippen LogP contribution in [0.25, 0.3) is 0 Å². The van der Waals surface area contributed by atoms with Crippen LogP contribution >= 0.6 is 0 Å². The molecular formula is C19H22N2O3. The van der Waals surface area contributed by atoms with E-state index in [9.17, 15) is 4.79 Å². The molecule has 1 heterocycles. The molecule has 1 atom stereocenters. The highest BCUT2D eigenvalue weighted by molar-refractivity contribution is 5.94. The van der Waals surface area contributed by atoms with Crippen LogP contribution in [0.5, 0.6) is 5.75 Å². The molecule has 1 aliphatic rings. The molecule has 0 aromatic heterocycles. The summed E-state index contributed by atoms with van der Waals surface area (Å²) in [6.45, 7) is 4.44. The van der Waals surface area contributed by atoms with Crippen molar-refractivity contribution in [3.05, 3.63) is 59.7 Å². The van der Waals surface area contributed by atoms with Crippen molar-refractivity contribution in [1.29, 1.82) is 0 Å². The number of hydrogen-bond donors (Lipinski definition) is 2. The molecule has 24 heavy (non-hydrogen) atoms. The van der Waals surface area contributed by atoms with Crippen LogP contribution in [0.15, 0.2) is 48.5 Å². The molecule has 3 rings (SSSR count). The van der Waals surface area contributed by atoms with Gasteiger partial charge in [-0.15, -0.1) is 0 Å². The van der Waals surface area contributed by atoms with Gasteiger partial charge >= 0.3 is 0 Å². The Bertz CT molecular complexity index is 697. The lowest BCUT2D eigenvalue weighted by molar-refractivity contribution is -0.128. The quantitative estimate of drug-likeness (QED) is 0.886. The lowest BCUT2D eigenvalue weighted by Gasteiger charge is -2.22. The first-order valence-electron chi connectivity index (χ1n) is 8.13. The highest BCUT2D eigenvalue weighted by atomic mass is 16.5. The summed E-state index contributed by atoms with van der Waals surface area (Å²) in [4.78, 5) is 12.2. The fourth-order valence-corrected chi connectivity index (χ4v) is 2.55. The van der Waals surface area contributed by atoms with Gasteiger partial charge in [-0.2, -0.15) is 0 Å². The molecule has 1 amide bonds. The van der Waals surface area contributed by atoms with Gasteiger partial charge in [0, 0.05) is 24.8 Å². The van der Waals surface area contributed by atoms with Gasteiger partial charge in [-0.25, -0.2) is 0 Å². The third kappa shape index (κ3) is 4.34. The zero-order valence-corrected chi connectivity index (χ0v) is 13.7. The van der Waals surface area contributed by atoms with E-state index in [1.54, 1.807) is 0 Å². The van der Waals surface area contributed by atoms with Gasteiger partial charge in [0.05, 0.1) is 6.61 Å². The van der Waals surface area contributed by atoms with Crippen molar-refractivity contribution in [2.45, 2.75) is 19.6 Å². The fourth-order valence-electron chi connectivity index (χ4n) is 2.55. The zero-order valence-electron chi connectivity index (χ0n) is 13.7. The Hall–Kier alpha value is -2.37. The molecule has 5 nitrogen and oxygen atoms in total. The summed E-state index contributed by atoms with van der Waals surface area (Å²) >= 11 is 0. The largest absolute Gasteiger partial charge is 0.489 e. The van der Waals surface area contributed by atoms with Crippen molar-refractivity contribution in [2.75, 3.05) is 25.0 Å². The van der Waals surface area contributed by atoms with E-state index in [-0.39, 0.29) is 5.91 Å². The van der Waals surface area contributed by atoms with Gasteiger partial charge in [-0.05, 0) is 30.2 Å². The third-order valence-electron chi connectivity index (χ3n) is 3.98. The minimum atomic E-state index is -0.449. The number of nitrogens with one attached hydrogen (secondary N) is 2. The van der Waals surface area contributed by atoms with Crippen LogP contribution in [-0.4, -0.2) is 31.7 Å². The van der Waals surface area contributed by atoms with Crippen LogP contribution in [-0.2, 0) is 16.1 Å². The number of hydrogen-bond acceptors (Lipinski definition) is 4. The summed E-state index contributed by atoms with van der Waals surface area (Å²) in [7, 11) is 0. The average Bonchev–Trinajstić information content (AvgIpc) is 2.62. The van der Waals surface area contributed by atoms with Gasteiger partial charge in [0.15, 0.2) is 0 Å². The first-order chi connectivity index (χ1) is 11.7. The lowest BCUT2D eigenvalue weighted by atomic mass is 10.1. The van der Waals surface area contributed by atoms with Crippen LogP contribution < -0.4 is 15.4 Å². The normalized spacial score (nSPS) is 17.3. The maximum atomic E-state index is 12.2. The highest BCUT2D eigenvalue weighted by Gasteiger charge is 2.21. The van der Waals surface area contributed by atoms with Gasteiger partial charge in [-0.3, -0.25) is 4.79 Å². The van der Waals surface area contributed by atoms with E-state index in [2.05, 4.69) is 23.6 Å². The smallest absolute Gasteiger partial charge is 0.254 e. The number of ether oxygens (including phenoxy) is 2. The van der Waals surface area contributed by atoms with Crippen LogP contribution in [0, 0.1) is 6.92 Å². The van der Waals surface area contributed by atoms with E-state index in [1.807, 2.05) is 42.5 Å². The third-order valence-corrected chi connectivity index (χ3v) is 3.98. The molecule has 5 heteroatoms. The Morgan fingerprint density at radius 2 is 2.17 bits per heavy atom. The number of carbonyl (C=O) groups excluding carboxylic acids is 1. The number of anilines is 1. The minimum Gasteiger partial charge on any atom is -0.489 e. The summed E-state index contributed by atoms with van der Waals surface area (Å²) in [6, 6.07) is 15.5. The molecule has 0 aliphatic carbocycles. The molecule has 2 N–H and O–H groups in total. The Morgan fingerprint density at radius 3 is 2.96 bits per heavy atom. The van der Waals surface area contributed by atoms with Crippen molar-refractivity contribution < 1.29 is 14.3 Å². The molecule has 0 spiro atoms. The maximum Gasteiger partial charge on any atom is 0.254 e. The number of benzene rings is 2. The first-order valence-corrected chi connectivity index (χ1v) is 8.13. The number of aryl methyl sites for hydroxylation is 1. The summed E-state index contributed by atoms with van der Waals surface area (Å²) in [5, 5.41) is 6.02. The van der Waals surface area contributed by atoms with Gasteiger partial charge < -0.3 is 20.1 Å². The second kappa shape index (κ2) is 7.95. The molecule has 126 valence electrons. The summed E-state index contributed by atoms with van der Waals surface area (Å²) < 4.78 is 11.3. The SMILES string of the molecule is Cc1ccccc1COc1cccc(NC(=O)C2CNCCO2)c1. The number of morpholine rings is 1.